The molecule has 0 saturated carbocycles. The third-order valence-corrected chi connectivity index (χ3v) is 4.27. The predicted molar refractivity (Wildman–Crippen MR) is 79.5 cm³/mol. The molecule has 0 aliphatic carbocycles. The minimum Gasteiger partial charge on any atom is -0.497 e. The van der Waals surface area contributed by atoms with Crippen molar-refractivity contribution in [2.75, 3.05) is 39.9 Å². The summed E-state index contributed by atoms with van der Waals surface area (Å²) in [6.07, 6.45) is 3.52. The standard InChI is InChI=1S/C16H24N2O2/c1-19-13-5-6-14-15(4-2-11-20-16(14)12-13)18-9-3-7-17-8-10-18/h5-6,12,15,17H,2-4,7-11H2,1H3. The second-order valence-electron chi connectivity index (χ2n) is 5.55. The van der Waals surface area contributed by atoms with Gasteiger partial charge in [-0.25, -0.2) is 0 Å². The molecule has 0 spiro atoms. The molecule has 0 radical (unpaired) electrons. The molecule has 2 heterocycles. The zero-order chi connectivity index (χ0) is 13.8. The van der Waals surface area contributed by atoms with E-state index in [2.05, 4.69) is 22.3 Å². The summed E-state index contributed by atoms with van der Waals surface area (Å²) in [5.74, 6) is 1.88. The van der Waals surface area contributed by atoms with Crippen LogP contribution in [0.15, 0.2) is 18.2 Å². The molecule has 3 rings (SSSR count). The summed E-state index contributed by atoms with van der Waals surface area (Å²) in [5, 5.41) is 3.48. The van der Waals surface area contributed by atoms with Crippen LogP contribution in [0.4, 0.5) is 0 Å². The predicted octanol–water partition coefficient (Wildman–Crippen LogP) is 2.20. The highest BCUT2D eigenvalue weighted by Gasteiger charge is 2.26. The Bertz CT molecular complexity index is 442. The van der Waals surface area contributed by atoms with Crippen molar-refractivity contribution in [2.45, 2.75) is 25.3 Å². The second kappa shape index (κ2) is 6.46. The molecule has 0 bridgehead atoms. The summed E-state index contributed by atoms with van der Waals surface area (Å²) in [4.78, 5) is 2.61. The van der Waals surface area contributed by atoms with E-state index in [1.165, 1.54) is 24.9 Å². The average molecular weight is 276 g/mol. The first-order valence-electron chi connectivity index (χ1n) is 7.64. The zero-order valence-electron chi connectivity index (χ0n) is 12.2. The number of hydrogen-bond donors (Lipinski definition) is 1. The van der Waals surface area contributed by atoms with E-state index in [9.17, 15) is 0 Å². The van der Waals surface area contributed by atoms with Crippen molar-refractivity contribution in [1.82, 2.24) is 10.2 Å². The molecule has 1 saturated heterocycles. The number of nitrogens with zero attached hydrogens (tertiary/aromatic N) is 1. The summed E-state index contributed by atoms with van der Waals surface area (Å²) >= 11 is 0. The lowest BCUT2D eigenvalue weighted by atomic mass is 10.00. The van der Waals surface area contributed by atoms with Crippen molar-refractivity contribution in [3.05, 3.63) is 23.8 Å². The van der Waals surface area contributed by atoms with E-state index in [1.807, 2.05) is 6.07 Å². The van der Waals surface area contributed by atoms with Crippen molar-refractivity contribution < 1.29 is 9.47 Å². The van der Waals surface area contributed by atoms with E-state index in [1.54, 1.807) is 7.11 Å². The molecule has 2 aliphatic heterocycles. The summed E-state index contributed by atoms with van der Waals surface area (Å²) in [5.41, 5.74) is 1.32. The molecule has 110 valence electrons. The molecule has 1 aromatic rings. The van der Waals surface area contributed by atoms with Crippen LogP contribution >= 0.6 is 0 Å². The molecule has 4 nitrogen and oxygen atoms in total. The molecular weight excluding hydrogens is 252 g/mol. The van der Waals surface area contributed by atoms with Crippen LogP contribution in [0.2, 0.25) is 0 Å². The van der Waals surface area contributed by atoms with E-state index in [0.29, 0.717) is 6.04 Å². The lowest BCUT2D eigenvalue weighted by Gasteiger charge is -2.30. The van der Waals surface area contributed by atoms with Crippen LogP contribution in [0.3, 0.4) is 0 Å². The van der Waals surface area contributed by atoms with Gasteiger partial charge in [0, 0.05) is 37.3 Å². The van der Waals surface area contributed by atoms with Gasteiger partial charge in [0.1, 0.15) is 11.5 Å². The second-order valence-corrected chi connectivity index (χ2v) is 5.55. The fourth-order valence-corrected chi connectivity index (χ4v) is 3.21. The highest BCUT2D eigenvalue weighted by Crippen LogP contribution is 2.37. The number of benzene rings is 1. The van der Waals surface area contributed by atoms with Gasteiger partial charge in [0.25, 0.3) is 0 Å². The molecule has 0 amide bonds. The van der Waals surface area contributed by atoms with Crippen molar-refractivity contribution in [3.8, 4) is 11.5 Å². The van der Waals surface area contributed by atoms with E-state index in [-0.39, 0.29) is 0 Å². The van der Waals surface area contributed by atoms with Gasteiger partial charge in [-0.2, -0.15) is 0 Å². The quantitative estimate of drug-likeness (QED) is 0.898. The van der Waals surface area contributed by atoms with Crippen LogP contribution in [0, 0.1) is 0 Å². The van der Waals surface area contributed by atoms with Gasteiger partial charge in [-0.3, -0.25) is 4.90 Å². The maximum atomic E-state index is 5.92. The van der Waals surface area contributed by atoms with Gasteiger partial charge < -0.3 is 14.8 Å². The van der Waals surface area contributed by atoms with Gasteiger partial charge in [-0.1, -0.05) is 6.07 Å². The summed E-state index contributed by atoms with van der Waals surface area (Å²) < 4.78 is 11.2. The summed E-state index contributed by atoms with van der Waals surface area (Å²) in [6.45, 7) is 5.32. The van der Waals surface area contributed by atoms with Gasteiger partial charge in [-0.05, 0) is 31.9 Å². The first-order valence-corrected chi connectivity index (χ1v) is 7.64. The van der Waals surface area contributed by atoms with Crippen molar-refractivity contribution in [3.63, 3.8) is 0 Å². The molecule has 20 heavy (non-hydrogen) atoms. The molecule has 1 fully saturated rings. The maximum absolute atomic E-state index is 5.92. The fraction of sp³-hybridized carbons (Fsp3) is 0.625. The van der Waals surface area contributed by atoms with E-state index in [4.69, 9.17) is 9.47 Å². The fourth-order valence-electron chi connectivity index (χ4n) is 3.21. The molecule has 1 atom stereocenters. The largest absolute Gasteiger partial charge is 0.497 e. The number of fused-ring (bicyclic) bond motifs is 1. The molecule has 2 aliphatic rings. The molecule has 0 aromatic heterocycles. The summed E-state index contributed by atoms with van der Waals surface area (Å²) in [6, 6.07) is 6.75. The lowest BCUT2D eigenvalue weighted by Crippen LogP contribution is -2.32. The van der Waals surface area contributed by atoms with Crippen molar-refractivity contribution >= 4 is 0 Å². The number of ether oxygens (including phenoxy) is 2. The molecule has 1 aromatic carbocycles. The molecule has 4 heteroatoms. The Morgan fingerprint density at radius 3 is 3.10 bits per heavy atom. The number of nitrogens with one attached hydrogen (secondary N) is 1. The Morgan fingerprint density at radius 1 is 1.25 bits per heavy atom. The molecule has 1 N–H and O–H groups in total. The van der Waals surface area contributed by atoms with Gasteiger partial charge in [-0.15, -0.1) is 0 Å². The molecule has 1 unspecified atom stereocenters. The number of rotatable bonds is 2. The minimum absolute atomic E-state index is 0.485. The normalized spacial score (nSPS) is 24.1. The van der Waals surface area contributed by atoms with Gasteiger partial charge in [0.2, 0.25) is 0 Å². The van der Waals surface area contributed by atoms with Crippen molar-refractivity contribution in [1.29, 1.82) is 0 Å². The lowest BCUT2D eigenvalue weighted by molar-refractivity contribution is 0.199. The topological polar surface area (TPSA) is 33.7 Å². The van der Waals surface area contributed by atoms with Crippen molar-refractivity contribution in [2.24, 2.45) is 0 Å². The first-order chi connectivity index (χ1) is 9.88. The van der Waals surface area contributed by atoms with Crippen LogP contribution in [0.5, 0.6) is 11.5 Å². The summed E-state index contributed by atoms with van der Waals surface area (Å²) in [7, 11) is 1.70. The van der Waals surface area contributed by atoms with E-state index >= 15 is 0 Å². The Morgan fingerprint density at radius 2 is 2.20 bits per heavy atom. The highest BCUT2D eigenvalue weighted by molar-refractivity contribution is 5.43. The maximum Gasteiger partial charge on any atom is 0.127 e. The van der Waals surface area contributed by atoms with Crippen LogP contribution in [-0.2, 0) is 0 Å². The number of hydrogen-bond acceptors (Lipinski definition) is 4. The van der Waals surface area contributed by atoms with Gasteiger partial charge >= 0.3 is 0 Å². The van der Waals surface area contributed by atoms with Gasteiger partial charge in [0.15, 0.2) is 0 Å². The zero-order valence-corrected chi connectivity index (χ0v) is 12.2. The van der Waals surface area contributed by atoms with Crippen LogP contribution < -0.4 is 14.8 Å². The van der Waals surface area contributed by atoms with Gasteiger partial charge in [0.05, 0.1) is 13.7 Å². The number of methoxy groups -OCH3 is 1. The third-order valence-electron chi connectivity index (χ3n) is 4.27. The van der Waals surface area contributed by atoms with Crippen LogP contribution in [0.1, 0.15) is 30.9 Å². The smallest absolute Gasteiger partial charge is 0.127 e. The Labute approximate surface area is 121 Å². The Hall–Kier alpha value is -1.26. The Kier molecular flexibility index (Phi) is 4.43. The average Bonchev–Trinajstić information content (AvgIpc) is 2.86. The van der Waals surface area contributed by atoms with Crippen LogP contribution in [-0.4, -0.2) is 44.8 Å². The SMILES string of the molecule is COc1ccc2c(c1)OCCCC2N1CCCNCC1. The molecular formula is C16H24N2O2. The van der Waals surface area contributed by atoms with E-state index < -0.39 is 0 Å². The van der Waals surface area contributed by atoms with Crippen LogP contribution in [0.25, 0.3) is 0 Å². The highest BCUT2D eigenvalue weighted by atomic mass is 16.5. The Balaban J connectivity index is 1.87. The minimum atomic E-state index is 0.485. The monoisotopic (exact) mass is 276 g/mol. The van der Waals surface area contributed by atoms with E-state index in [0.717, 1.165) is 44.2 Å². The first kappa shape index (κ1) is 13.7. The third kappa shape index (κ3) is 2.91.